The van der Waals surface area contributed by atoms with Crippen molar-refractivity contribution in [3.8, 4) is 0 Å². The van der Waals surface area contributed by atoms with Crippen molar-refractivity contribution in [2.24, 2.45) is 0 Å². The van der Waals surface area contributed by atoms with Crippen molar-refractivity contribution < 1.29 is 48.0 Å². The molecule has 37 heavy (non-hydrogen) atoms. The Morgan fingerprint density at radius 2 is 1.51 bits per heavy atom. The highest BCUT2D eigenvalue weighted by molar-refractivity contribution is 7.99. The molecule has 0 atom stereocenters. The molecule has 0 aliphatic carbocycles. The lowest BCUT2D eigenvalue weighted by Gasteiger charge is -2.31. The number of halogens is 3. The number of rotatable bonds is 8. The Kier molecular flexibility index (Phi) is 10.3. The number of hydrogen-bond acceptors (Lipinski definition) is 7. The molecule has 2 aromatic carbocycles. The van der Waals surface area contributed by atoms with Gasteiger partial charge in [0.1, 0.15) is 0 Å². The molecular weight excluding hydrogens is 517 g/mol. The molecular formula is C24H27F3N2O7S. The lowest BCUT2D eigenvalue weighted by atomic mass is 9.96. The molecule has 0 spiro atoms. The van der Waals surface area contributed by atoms with Gasteiger partial charge in [-0.1, -0.05) is 23.9 Å². The van der Waals surface area contributed by atoms with Crippen LogP contribution in [0, 0.1) is 6.92 Å². The summed E-state index contributed by atoms with van der Waals surface area (Å²) in [6.07, 6.45) is -6.59. The minimum atomic E-state index is -4.30. The molecule has 1 aliphatic heterocycles. The third-order valence-electron chi connectivity index (χ3n) is 5.33. The SMILES string of the molecule is Cc1cc(C(F)(F)F)ccc1Sc1ccccc1N1CCNCC1.O=C(O)CC(O)(CC(=O)O)C(=O)O. The zero-order valence-corrected chi connectivity index (χ0v) is 20.6. The smallest absolute Gasteiger partial charge is 0.416 e. The fourth-order valence-corrected chi connectivity index (χ4v) is 4.52. The van der Waals surface area contributed by atoms with Gasteiger partial charge < -0.3 is 30.6 Å². The second-order valence-corrected chi connectivity index (χ2v) is 9.35. The van der Waals surface area contributed by atoms with Crippen LogP contribution >= 0.6 is 11.8 Å². The average Bonchev–Trinajstić information content (AvgIpc) is 2.80. The van der Waals surface area contributed by atoms with Crippen LogP contribution in [0.15, 0.2) is 52.3 Å². The van der Waals surface area contributed by atoms with Crippen LogP contribution in [0.5, 0.6) is 0 Å². The van der Waals surface area contributed by atoms with Crippen LogP contribution in [-0.2, 0) is 20.6 Å². The van der Waals surface area contributed by atoms with Crippen LogP contribution in [0.25, 0.3) is 0 Å². The molecule has 0 amide bonds. The maximum atomic E-state index is 12.8. The number of carbonyl (C=O) groups is 3. The number of benzene rings is 2. The van der Waals surface area contributed by atoms with Crippen LogP contribution in [0.3, 0.4) is 0 Å². The normalized spacial score (nSPS) is 13.9. The van der Waals surface area contributed by atoms with Gasteiger partial charge in [-0.2, -0.15) is 13.2 Å². The lowest BCUT2D eigenvalue weighted by molar-refractivity contribution is -0.170. The summed E-state index contributed by atoms with van der Waals surface area (Å²) in [6, 6.07) is 12.0. The van der Waals surface area contributed by atoms with Gasteiger partial charge in [0.15, 0.2) is 5.60 Å². The number of nitrogens with zero attached hydrogens (tertiary/aromatic N) is 1. The zero-order chi connectivity index (χ0) is 27.8. The van der Waals surface area contributed by atoms with E-state index in [4.69, 9.17) is 20.4 Å². The van der Waals surface area contributed by atoms with Gasteiger partial charge in [0.25, 0.3) is 0 Å². The van der Waals surface area contributed by atoms with E-state index >= 15 is 0 Å². The van der Waals surface area contributed by atoms with Gasteiger partial charge >= 0.3 is 24.1 Å². The fraction of sp³-hybridized carbons (Fsp3) is 0.375. The largest absolute Gasteiger partial charge is 0.481 e. The summed E-state index contributed by atoms with van der Waals surface area (Å²) >= 11 is 1.52. The van der Waals surface area contributed by atoms with E-state index in [1.807, 2.05) is 18.2 Å². The van der Waals surface area contributed by atoms with Crippen molar-refractivity contribution in [2.45, 2.75) is 41.3 Å². The first-order valence-corrected chi connectivity index (χ1v) is 11.8. The molecule has 13 heteroatoms. The molecule has 9 nitrogen and oxygen atoms in total. The van der Waals surface area contributed by atoms with Crippen molar-refractivity contribution in [1.82, 2.24) is 5.32 Å². The van der Waals surface area contributed by atoms with Crippen molar-refractivity contribution in [3.05, 3.63) is 53.6 Å². The molecule has 1 aliphatic rings. The second-order valence-electron chi connectivity index (χ2n) is 8.26. The Morgan fingerprint density at radius 3 is 2.00 bits per heavy atom. The van der Waals surface area contributed by atoms with E-state index in [9.17, 15) is 27.6 Å². The number of carboxylic acid groups (broad SMARTS) is 3. The summed E-state index contributed by atoms with van der Waals surface area (Å²) in [7, 11) is 0. The van der Waals surface area contributed by atoms with Gasteiger partial charge in [-0.3, -0.25) is 9.59 Å². The average molecular weight is 545 g/mol. The number of para-hydroxylation sites is 1. The van der Waals surface area contributed by atoms with Crippen LogP contribution in [0.4, 0.5) is 18.9 Å². The summed E-state index contributed by atoms with van der Waals surface area (Å²) < 4.78 is 38.4. The monoisotopic (exact) mass is 544 g/mol. The first-order chi connectivity index (χ1) is 17.2. The van der Waals surface area contributed by atoms with E-state index in [0.717, 1.165) is 47.7 Å². The number of hydrogen-bond donors (Lipinski definition) is 5. The Hall–Kier alpha value is -3.29. The Balaban J connectivity index is 0.000000317. The molecule has 0 unspecified atom stereocenters. The zero-order valence-electron chi connectivity index (χ0n) is 19.8. The van der Waals surface area contributed by atoms with Gasteiger partial charge in [-0.25, -0.2) is 4.79 Å². The number of anilines is 1. The molecule has 0 bridgehead atoms. The van der Waals surface area contributed by atoms with Crippen molar-refractivity contribution in [2.75, 3.05) is 31.1 Å². The molecule has 1 saturated heterocycles. The summed E-state index contributed by atoms with van der Waals surface area (Å²) in [5.74, 6) is -5.02. The molecule has 3 rings (SSSR count). The van der Waals surface area contributed by atoms with E-state index in [-0.39, 0.29) is 0 Å². The Morgan fingerprint density at radius 1 is 0.946 bits per heavy atom. The van der Waals surface area contributed by atoms with E-state index in [0.29, 0.717) is 5.56 Å². The van der Waals surface area contributed by atoms with Gasteiger partial charge in [0.05, 0.1) is 24.1 Å². The third kappa shape index (κ3) is 8.95. The minimum absolute atomic E-state index is 0.597. The number of aliphatic carboxylic acids is 3. The number of carboxylic acids is 3. The van der Waals surface area contributed by atoms with Crippen LogP contribution in [0.2, 0.25) is 0 Å². The maximum Gasteiger partial charge on any atom is 0.416 e. The number of aryl methyl sites for hydroxylation is 1. The van der Waals surface area contributed by atoms with Gasteiger partial charge in [0, 0.05) is 36.0 Å². The quantitative estimate of drug-likeness (QED) is 0.335. The standard InChI is InChI=1S/C18H19F3N2S.C6H8O7/c1-13-12-14(18(19,20)21)6-7-16(13)24-17-5-3-2-4-15(17)23-10-8-22-9-11-23;7-3(8)1-6(13,5(11)12)2-4(9)10/h2-7,12,22H,8-11H2,1H3;13H,1-2H2,(H,7,8)(H,9,10)(H,11,12). The molecule has 1 fully saturated rings. The molecule has 0 aromatic heterocycles. The molecule has 5 N–H and O–H groups in total. The first-order valence-electron chi connectivity index (χ1n) is 11.0. The number of aliphatic hydroxyl groups is 1. The predicted octanol–water partition coefficient (Wildman–Crippen LogP) is 3.33. The Labute approximate surface area is 214 Å². The topological polar surface area (TPSA) is 147 Å². The number of alkyl halides is 3. The number of nitrogens with one attached hydrogen (secondary N) is 1. The highest BCUT2D eigenvalue weighted by Crippen LogP contribution is 2.39. The maximum absolute atomic E-state index is 12.8. The molecule has 202 valence electrons. The van der Waals surface area contributed by atoms with E-state index in [1.54, 1.807) is 13.0 Å². The number of piperazine rings is 1. The second kappa shape index (κ2) is 12.8. The highest BCUT2D eigenvalue weighted by Gasteiger charge is 2.40. The van der Waals surface area contributed by atoms with Crippen LogP contribution in [0.1, 0.15) is 24.0 Å². The van der Waals surface area contributed by atoms with Crippen LogP contribution in [-0.4, -0.2) is 70.1 Å². The molecule has 0 saturated carbocycles. The predicted molar refractivity (Wildman–Crippen MR) is 129 cm³/mol. The van der Waals surface area contributed by atoms with E-state index < -0.39 is 48.1 Å². The molecule has 0 radical (unpaired) electrons. The van der Waals surface area contributed by atoms with Crippen molar-refractivity contribution in [3.63, 3.8) is 0 Å². The summed E-state index contributed by atoms with van der Waals surface area (Å²) in [6.45, 7) is 5.48. The van der Waals surface area contributed by atoms with Gasteiger partial charge in [0.2, 0.25) is 0 Å². The van der Waals surface area contributed by atoms with Gasteiger partial charge in [-0.15, -0.1) is 0 Å². The first kappa shape index (κ1) is 29.9. The van der Waals surface area contributed by atoms with Crippen molar-refractivity contribution in [1.29, 1.82) is 0 Å². The molecule has 1 heterocycles. The summed E-state index contributed by atoms with van der Waals surface area (Å²) in [5, 5.41) is 37.1. The van der Waals surface area contributed by atoms with Crippen LogP contribution < -0.4 is 10.2 Å². The van der Waals surface area contributed by atoms with Gasteiger partial charge in [-0.05, 0) is 42.8 Å². The highest BCUT2D eigenvalue weighted by atomic mass is 32.2. The van der Waals surface area contributed by atoms with E-state index in [1.165, 1.54) is 17.8 Å². The Bertz CT molecular complexity index is 1110. The summed E-state index contributed by atoms with van der Waals surface area (Å²) in [4.78, 5) is 34.7. The minimum Gasteiger partial charge on any atom is -0.481 e. The fourth-order valence-electron chi connectivity index (χ4n) is 3.48. The molecule has 2 aromatic rings. The third-order valence-corrected chi connectivity index (χ3v) is 6.57. The van der Waals surface area contributed by atoms with E-state index in [2.05, 4.69) is 16.3 Å². The lowest BCUT2D eigenvalue weighted by Crippen LogP contribution is -2.43. The summed E-state index contributed by atoms with van der Waals surface area (Å²) in [5.41, 5.74) is -1.55. The van der Waals surface area contributed by atoms with Crippen molar-refractivity contribution >= 4 is 35.4 Å².